The molecule has 3 aliphatic rings. The molecular formula is C32H35ClFN5O4. The number of carboxylic acid groups (broad SMARTS) is 1. The van der Waals surface area contributed by atoms with Crippen LogP contribution in [0.25, 0.3) is 0 Å². The number of pyridine rings is 2. The highest BCUT2D eigenvalue weighted by molar-refractivity contribution is 6.30. The Morgan fingerprint density at radius 3 is 2.56 bits per heavy atom. The topological polar surface area (TPSA) is 99.1 Å². The summed E-state index contributed by atoms with van der Waals surface area (Å²) in [7, 11) is 1.71. The Bertz CT molecular complexity index is 1560. The van der Waals surface area contributed by atoms with Crippen LogP contribution in [0.3, 0.4) is 0 Å². The van der Waals surface area contributed by atoms with Crippen LogP contribution >= 0.6 is 11.6 Å². The first-order valence-corrected chi connectivity index (χ1v) is 14.8. The fourth-order valence-electron chi connectivity index (χ4n) is 6.99. The number of piperazine rings is 1. The van der Waals surface area contributed by atoms with Crippen LogP contribution in [0.15, 0.2) is 48.7 Å². The number of aromatic nitrogens is 2. The summed E-state index contributed by atoms with van der Waals surface area (Å²) in [5.74, 6) is -0.343. The largest absolute Gasteiger partial charge is 0.481 e. The predicted octanol–water partition coefficient (Wildman–Crippen LogP) is 5.08. The maximum atomic E-state index is 14.4. The van der Waals surface area contributed by atoms with Gasteiger partial charge in [0.05, 0.1) is 28.4 Å². The highest BCUT2D eigenvalue weighted by Gasteiger charge is 2.53. The zero-order chi connectivity index (χ0) is 30.5. The number of benzene rings is 1. The van der Waals surface area contributed by atoms with Crippen molar-refractivity contribution in [2.75, 3.05) is 49.7 Å². The van der Waals surface area contributed by atoms with Crippen molar-refractivity contribution < 1.29 is 23.8 Å². The summed E-state index contributed by atoms with van der Waals surface area (Å²) >= 11 is 5.97. The molecule has 1 aliphatic carbocycles. The molecule has 6 rings (SSSR count). The van der Waals surface area contributed by atoms with Crippen molar-refractivity contribution >= 4 is 40.7 Å². The number of ether oxygens (including phenoxy) is 1. The molecule has 2 fully saturated rings. The van der Waals surface area contributed by atoms with Gasteiger partial charge in [-0.1, -0.05) is 17.7 Å². The summed E-state index contributed by atoms with van der Waals surface area (Å²) in [5.41, 5.74) is 2.76. The van der Waals surface area contributed by atoms with Gasteiger partial charge in [0, 0.05) is 57.2 Å². The van der Waals surface area contributed by atoms with Crippen molar-refractivity contribution in [3.8, 4) is 0 Å². The van der Waals surface area contributed by atoms with Crippen LogP contribution in [0, 0.1) is 11.7 Å². The molecule has 1 saturated carbocycles. The second-order valence-electron chi connectivity index (χ2n) is 12.5. The number of fused-ring (bicyclic) bond motifs is 2. The Labute approximate surface area is 255 Å². The van der Waals surface area contributed by atoms with E-state index in [2.05, 4.69) is 14.8 Å². The molecule has 1 saturated heterocycles. The fraction of sp³-hybridized carbons (Fsp3) is 0.438. The highest BCUT2D eigenvalue weighted by Crippen LogP contribution is 2.56. The van der Waals surface area contributed by atoms with Gasteiger partial charge in [0.15, 0.2) is 0 Å². The van der Waals surface area contributed by atoms with E-state index in [9.17, 15) is 14.0 Å². The van der Waals surface area contributed by atoms with Crippen molar-refractivity contribution in [3.05, 3.63) is 76.5 Å². The molecule has 2 aromatic heterocycles. The lowest BCUT2D eigenvalue weighted by atomic mass is 9.61. The van der Waals surface area contributed by atoms with E-state index in [0.717, 1.165) is 30.0 Å². The molecular weight excluding hydrogens is 573 g/mol. The number of anilines is 3. The van der Waals surface area contributed by atoms with Crippen LogP contribution in [0.5, 0.6) is 0 Å². The number of carbonyl (C=O) groups is 2. The molecule has 1 amide bonds. The van der Waals surface area contributed by atoms with Gasteiger partial charge in [0.25, 0.3) is 5.91 Å². The van der Waals surface area contributed by atoms with Gasteiger partial charge in [-0.3, -0.25) is 9.59 Å². The van der Waals surface area contributed by atoms with Crippen molar-refractivity contribution in [2.45, 2.75) is 44.1 Å². The van der Waals surface area contributed by atoms with E-state index in [1.807, 2.05) is 36.9 Å². The smallest absolute Gasteiger partial charge is 0.307 e. The van der Waals surface area contributed by atoms with Crippen LogP contribution < -0.4 is 9.80 Å². The number of nitrogens with zero attached hydrogens (tertiary/aromatic N) is 5. The molecule has 0 bridgehead atoms. The van der Waals surface area contributed by atoms with Crippen LogP contribution in [-0.2, 0) is 21.4 Å². The number of aliphatic carboxylic acids is 1. The normalized spacial score (nSPS) is 22.4. The molecule has 1 spiro atoms. The quantitative estimate of drug-likeness (QED) is 0.397. The molecule has 1 aromatic carbocycles. The van der Waals surface area contributed by atoms with Crippen molar-refractivity contribution in [1.29, 1.82) is 0 Å². The SMILES string of the molecule is COCC1CC2(C1)CN(c1ccc(Cl)c(F)c1)c1ccc(C(=O)N3CCN(c4ccc(CC(=O)O)cn4)CC3(C)C)nc12. The summed E-state index contributed by atoms with van der Waals surface area (Å²) in [6.07, 6.45) is 3.29. The lowest BCUT2D eigenvalue weighted by Gasteiger charge is -2.47. The second-order valence-corrected chi connectivity index (χ2v) is 13.0. The molecule has 0 unspecified atom stereocenters. The molecule has 226 valence electrons. The minimum Gasteiger partial charge on any atom is -0.481 e. The number of carboxylic acids is 1. The van der Waals surface area contributed by atoms with E-state index in [4.69, 9.17) is 26.4 Å². The first-order chi connectivity index (χ1) is 20.5. The Kier molecular flexibility index (Phi) is 7.54. The van der Waals surface area contributed by atoms with Crippen LogP contribution in [0.2, 0.25) is 5.02 Å². The van der Waals surface area contributed by atoms with Crippen LogP contribution in [-0.4, -0.2) is 77.3 Å². The van der Waals surface area contributed by atoms with Crippen molar-refractivity contribution in [1.82, 2.24) is 14.9 Å². The summed E-state index contributed by atoms with van der Waals surface area (Å²) < 4.78 is 19.8. The highest BCUT2D eigenvalue weighted by atomic mass is 35.5. The third kappa shape index (κ3) is 5.42. The van der Waals surface area contributed by atoms with E-state index < -0.39 is 17.3 Å². The minimum atomic E-state index is -0.896. The Morgan fingerprint density at radius 2 is 1.91 bits per heavy atom. The van der Waals surface area contributed by atoms with Gasteiger partial charge < -0.3 is 24.5 Å². The van der Waals surface area contributed by atoms with Gasteiger partial charge in [0.1, 0.15) is 17.3 Å². The number of carbonyl (C=O) groups excluding carboxylic acids is 1. The minimum absolute atomic E-state index is 0.0719. The number of rotatable bonds is 7. The van der Waals surface area contributed by atoms with Crippen molar-refractivity contribution in [3.63, 3.8) is 0 Å². The van der Waals surface area contributed by atoms with Gasteiger partial charge >= 0.3 is 5.97 Å². The zero-order valence-electron chi connectivity index (χ0n) is 24.5. The van der Waals surface area contributed by atoms with Gasteiger partial charge in [-0.25, -0.2) is 14.4 Å². The molecule has 3 aromatic rings. The maximum Gasteiger partial charge on any atom is 0.307 e. The fourth-order valence-corrected chi connectivity index (χ4v) is 7.11. The average molecular weight is 608 g/mol. The zero-order valence-corrected chi connectivity index (χ0v) is 25.3. The third-order valence-corrected chi connectivity index (χ3v) is 9.27. The predicted molar refractivity (Wildman–Crippen MR) is 162 cm³/mol. The molecule has 0 radical (unpaired) electrons. The van der Waals surface area contributed by atoms with E-state index in [1.165, 1.54) is 6.07 Å². The summed E-state index contributed by atoms with van der Waals surface area (Å²) in [4.78, 5) is 40.6. The van der Waals surface area contributed by atoms with Gasteiger partial charge in [-0.15, -0.1) is 0 Å². The van der Waals surface area contributed by atoms with E-state index in [0.29, 0.717) is 55.6 Å². The number of amides is 1. The van der Waals surface area contributed by atoms with E-state index in [1.54, 1.807) is 31.5 Å². The first-order valence-electron chi connectivity index (χ1n) is 14.5. The maximum absolute atomic E-state index is 14.4. The van der Waals surface area contributed by atoms with Gasteiger partial charge in [0.2, 0.25) is 0 Å². The number of hydrogen-bond acceptors (Lipinski definition) is 7. The van der Waals surface area contributed by atoms with Gasteiger partial charge in [-0.05, 0) is 74.6 Å². The number of methoxy groups -OCH3 is 1. The Morgan fingerprint density at radius 1 is 1.12 bits per heavy atom. The molecule has 4 heterocycles. The average Bonchev–Trinajstić information content (AvgIpc) is 3.28. The Hall–Kier alpha value is -3.76. The van der Waals surface area contributed by atoms with Crippen molar-refractivity contribution in [2.24, 2.45) is 5.92 Å². The second kappa shape index (κ2) is 11.1. The molecule has 9 nitrogen and oxygen atoms in total. The molecule has 1 N–H and O–H groups in total. The lowest BCUT2D eigenvalue weighted by Crippen LogP contribution is -2.61. The molecule has 2 aliphatic heterocycles. The number of hydrogen-bond donors (Lipinski definition) is 1. The lowest BCUT2D eigenvalue weighted by molar-refractivity contribution is -0.136. The van der Waals surface area contributed by atoms with E-state index >= 15 is 0 Å². The molecule has 43 heavy (non-hydrogen) atoms. The van der Waals surface area contributed by atoms with Crippen LogP contribution in [0.4, 0.5) is 21.6 Å². The summed E-state index contributed by atoms with van der Waals surface area (Å²) in [5, 5.41) is 9.12. The third-order valence-electron chi connectivity index (χ3n) is 8.96. The van der Waals surface area contributed by atoms with E-state index in [-0.39, 0.29) is 22.8 Å². The van der Waals surface area contributed by atoms with Crippen LogP contribution in [0.1, 0.15) is 48.4 Å². The van der Waals surface area contributed by atoms with Gasteiger partial charge in [-0.2, -0.15) is 0 Å². The Balaban J connectivity index is 1.24. The monoisotopic (exact) mass is 607 g/mol. The first kappa shape index (κ1) is 29.3. The molecule has 11 heteroatoms. The molecule has 0 atom stereocenters. The summed E-state index contributed by atoms with van der Waals surface area (Å²) in [6, 6.07) is 12.2. The standard InChI is InChI=1S/C32H35ClFN5O4/c1-31(2)18-37(27-9-4-20(16-35-27)12-28(40)41)10-11-39(31)30(42)25-7-8-26-29(36-25)32(14-21(15-32)17-43-3)19-38(26)22-5-6-23(33)24(34)13-22/h4-9,13,16,21H,10-12,14-15,17-19H2,1-3H3,(H,40,41). The summed E-state index contributed by atoms with van der Waals surface area (Å²) in [6.45, 7) is 7.01. The number of halogens is 2.